The molecule has 14 heavy (non-hydrogen) atoms. The zero-order valence-corrected chi connectivity index (χ0v) is 7.97. The minimum Gasteiger partial charge on any atom is -0.318 e. The van der Waals surface area contributed by atoms with Gasteiger partial charge in [-0.2, -0.15) is 0 Å². The molecule has 0 fully saturated rings. The molecule has 0 bridgehead atoms. The van der Waals surface area contributed by atoms with Gasteiger partial charge >= 0.3 is 0 Å². The standard InChI is InChI=1S/C10H8BNO2/c1-4-3-5(2)8-6(7(4)11)9(13)10(14)12-8/h3H,1-2H3,(H,12,13,14). The minimum atomic E-state index is -0.597. The number of hydrogen-bond donors (Lipinski definition) is 1. The maximum absolute atomic E-state index is 11.4. The summed E-state index contributed by atoms with van der Waals surface area (Å²) in [7, 11) is 5.74. The topological polar surface area (TPSA) is 46.2 Å². The summed E-state index contributed by atoms with van der Waals surface area (Å²) in [4.78, 5) is 22.6. The highest BCUT2D eigenvalue weighted by Crippen LogP contribution is 2.25. The predicted octanol–water partition coefficient (Wildman–Crippen LogP) is 0.232. The van der Waals surface area contributed by atoms with Gasteiger partial charge in [-0.1, -0.05) is 17.1 Å². The SMILES string of the molecule is [B]c1c(C)cc(C)c2c1C(=O)C(=O)N2. The number of anilines is 1. The maximum atomic E-state index is 11.4. The van der Waals surface area contributed by atoms with Crippen molar-refractivity contribution in [2.75, 3.05) is 5.32 Å². The van der Waals surface area contributed by atoms with Gasteiger partial charge in [-0.15, -0.1) is 0 Å². The van der Waals surface area contributed by atoms with Crippen LogP contribution in [-0.2, 0) is 4.79 Å². The molecule has 2 rings (SSSR count). The highest BCUT2D eigenvalue weighted by Gasteiger charge is 2.30. The first-order valence-electron chi connectivity index (χ1n) is 4.27. The number of rotatable bonds is 0. The fourth-order valence-electron chi connectivity index (χ4n) is 1.68. The molecular formula is C10H8BNO2. The van der Waals surface area contributed by atoms with E-state index in [0.717, 1.165) is 11.1 Å². The van der Waals surface area contributed by atoms with Gasteiger partial charge in [0.15, 0.2) is 0 Å². The van der Waals surface area contributed by atoms with E-state index in [2.05, 4.69) is 5.32 Å². The number of aryl methyl sites for hydroxylation is 2. The van der Waals surface area contributed by atoms with Gasteiger partial charge in [-0.3, -0.25) is 9.59 Å². The quantitative estimate of drug-likeness (QED) is 0.464. The monoisotopic (exact) mass is 185 g/mol. The molecule has 1 aromatic rings. The van der Waals surface area contributed by atoms with Crippen LogP contribution in [0.15, 0.2) is 6.07 Å². The number of amides is 1. The van der Waals surface area contributed by atoms with Crippen molar-refractivity contribution in [2.24, 2.45) is 0 Å². The molecule has 0 aromatic heterocycles. The first-order chi connectivity index (χ1) is 6.52. The summed E-state index contributed by atoms with van der Waals surface area (Å²) in [5, 5.41) is 2.51. The van der Waals surface area contributed by atoms with Crippen molar-refractivity contribution < 1.29 is 9.59 Å². The van der Waals surface area contributed by atoms with Crippen molar-refractivity contribution in [3.05, 3.63) is 22.8 Å². The van der Waals surface area contributed by atoms with Crippen LogP contribution in [0.25, 0.3) is 0 Å². The second-order valence-electron chi connectivity index (χ2n) is 3.46. The van der Waals surface area contributed by atoms with Crippen molar-refractivity contribution in [1.82, 2.24) is 0 Å². The number of carbonyl (C=O) groups is 2. The van der Waals surface area contributed by atoms with E-state index in [1.54, 1.807) is 0 Å². The number of benzene rings is 1. The summed E-state index contributed by atoms with van der Waals surface area (Å²) in [5.74, 6) is -1.13. The van der Waals surface area contributed by atoms with E-state index in [9.17, 15) is 9.59 Å². The lowest BCUT2D eigenvalue weighted by atomic mass is 9.83. The molecule has 0 atom stereocenters. The lowest BCUT2D eigenvalue weighted by Crippen LogP contribution is -2.19. The Bertz CT molecular complexity index is 466. The predicted molar refractivity (Wildman–Crippen MR) is 54.3 cm³/mol. The van der Waals surface area contributed by atoms with E-state index in [0.29, 0.717) is 16.7 Å². The lowest BCUT2D eigenvalue weighted by molar-refractivity contribution is -0.112. The van der Waals surface area contributed by atoms with E-state index < -0.39 is 11.7 Å². The number of Topliss-reactive ketones (excluding diaryl/α,β-unsaturated/α-hetero) is 1. The molecule has 1 N–H and O–H groups in total. The summed E-state index contributed by atoms with van der Waals surface area (Å²) in [5.41, 5.74) is 2.97. The van der Waals surface area contributed by atoms with Gasteiger partial charge < -0.3 is 5.32 Å². The Morgan fingerprint density at radius 2 is 1.86 bits per heavy atom. The fourth-order valence-corrected chi connectivity index (χ4v) is 1.68. The van der Waals surface area contributed by atoms with Crippen LogP contribution in [-0.4, -0.2) is 19.5 Å². The maximum Gasteiger partial charge on any atom is 0.296 e. The van der Waals surface area contributed by atoms with Gasteiger partial charge in [0.2, 0.25) is 0 Å². The second-order valence-corrected chi connectivity index (χ2v) is 3.46. The van der Waals surface area contributed by atoms with Gasteiger partial charge in [-0.25, -0.2) is 0 Å². The molecule has 1 amide bonds. The van der Waals surface area contributed by atoms with Crippen molar-refractivity contribution in [2.45, 2.75) is 13.8 Å². The summed E-state index contributed by atoms with van der Waals surface area (Å²) >= 11 is 0. The first-order valence-corrected chi connectivity index (χ1v) is 4.27. The molecule has 4 heteroatoms. The summed E-state index contributed by atoms with van der Waals surface area (Å²) < 4.78 is 0. The molecule has 1 aromatic carbocycles. The van der Waals surface area contributed by atoms with Crippen molar-refractivity contribution in [3.63, 3.8) is 0 Å². The van der Waals surface area contributed by atoms with Crippen LogP contribution < -0.4 is 10.8 Å². The van der Waals surface area contributed by atoms with Crippen molar-refractivity contribution >= 4 is 30.7 Å². The zero-order chi connectivity index (χ0) is 10.5. The molecule has 0 spiro atoms. The molecule has 1 aliphatic heterocycles. The minimum absolute atomic E-state index is 0.326. The number of nitrogens with one attached hydrogen (secondary N) is 1. The third-order valence-electron chi connectivity index (χ3n) is 2.44. The number of hydrogen-bond acceptors (Lipinski definition) is 2. The van der Waals surface area contributed by atoms with Crippen LogP contribution in [0.5, 0.6) is 0 Å². The largest absolute Gasteiger partial charge is 0.318 e. The zero-order valence-electron chi connectivity index (χ0n) is 7.97. The Morgan fingerprint density at radius 1 is 1.21 bits per heavy atom. The van der Waals surface area contributed by atoms with Crippen LogP contribution in [0.2, 0.25) is 0 Å². The summed E-state index contributed by atoms with van der Waals surface area (Å²) in [6.45, 7) is 3.66. The van der Waals surface area contributed by atoms with Crippen molar-refractivity contribution in [3.8, 4) is 0 Å². The van der Waals surface area contributed by atoms with Crippen LogP contribution in [0, 0.1) is 13.8 Å². The Kier molecular flexibility index (Phi) is 1.74. The Labute approximate surface area is 82.9 Å². The molecule has 68 valence electrons. The average Bonchev–Trinajstić information content (AvgIpc) is 2.41. The molecular weight excluding hydrogens is 177 g/mol. The van der Waals surface area contributed by atoms with E-state index >= 15 is 0 Å². The van der Waals surface area contributed by atoms with Crippen LogP contribution in [0.4, 0.5) is 5.69 Å². The normalized spacial score (nSPS) is 14.1. The smallest absolute Gasteiger partial charge is 0.296 e. The molecule has 0 aliphatic carbocycles. The van der Waals surface area contributed by atoms with E-state index in [4.69, 9.17) is 7.85 Å². The molecule has 0 saturated heterocycles. The first kappa shape index (κ1) is 9.00. The molecule has 2 radical (unpaired) electrons. The Morgan fingerprint density at radius 3 is 2.50 bits per heavy atom. The lowest BCUT2D eigenvalue weighted by Gasteiger charge is -2.08. The Hall–Kier alpha value is -1.58. The van der Waals surface area contributed by atoms with Gasteiger partial charge in [0.1, 0.15) is 7.85 Å². The highest BCUT2D eigenvalue weighted by molar-refractivity contribution is 6.56. The van der Waals surface area contributed by atoms with E-state index in [1.165, 1.54) is 0 Å². The third-order valence-corrected chi connectivity index (χ3v) is 2.44. The third kappa shape index (κ3) is 1.00. The van der Waals surface area contributed by atoms with Crippen LogP contribution in [0.1, 0.15) is 21.5 Å². The number of fused-ring (bicyclic) bond motifs is 1. The molecule has 3 nitrogen and oxygen atoms in total. The van der Waals surface area contributed by atoms with Crippen molar-refractivity contribution in [1.29, 1.82) is 0 Å². The van der Waals surface area contributed by atoms with E-state index in [1.807, 2.05) is 19.9 Å². The second kappa shape index (κ2) is 2.70. The van der Waals surface area contributed by atoms with Crippen LogP contribution >= 0.6 is 0 Å². The summed E-state index contributed by atoms with van der Waals surface area (Å²) in [6, 6.07) is 1.85. The van der Waals surface area contributed by atoms with Gasteiger partial charge in [0.05, 0.1) is 5.69 Å². The molecule has 0 saturated carbocycles. The van der Waals surface area contributed by atoms with Crippen LogP contribution in [0.3, 0.4) is 0 Å². The fraction of sp³-hybridized carbons (Fsp3) is 0.200. The summed E-state index contributed by atoms with van der Waals surface area (Å²) in [6.07, 6.45) is 0. The van der Waals surface area contributed by atoms with E-state index in [-0.39, 0.29) is 0 Å². The molecule has 1 heterocycles. The van der Waals surface area contributed by atoms with Gasteiger partial charge in [0, 0.05) is 5.56 Å². The average molecular weight is 185 g/mol. The number of ketones is 1. The Balaban J connectivity index is 2.80. The molecule has 0 unspecified atom stereocenters. The highest BCUT2D eigenvalue weighted by atomic mass is 16.2. The van der Waals surface area contributed by atoms with Gasteiger partial charge in [0.25, 0.3) is 11.7 Å². The molecule has 1 aliphatic rings. The van der Waals surface area contributed by atoms with Gasteiger partial charge in [-0.05, 0) is 19.4 Å². The number of carbonyl (C=O) groups excluding carboxylic acids is 2.